The fraction of sp³-hybridized carbons (Fsp3) is 0.500. The van der Waals surface area contributed by atoms with Crippen LogP contribution in [0.2, 0.25) is 0 Å². The zero-order chi connectivity index (χ0) is 17.9. The molecule has 1 aliphatic heterocycles. The third-order valence-electron chi connectivity index (χ3n) is 3.95. The maximum absolute atomic E-state index is 12.3. The van der Waals surface area contributed by atoms with Crippen LogP contribution in [0.15, 0.2) is 28.9 Å². The molecular weight excluding hydrogens is 322 g/mol. The van der Waals surface area contributed by atoms with E-state index in [9.17, 15) is 4.79 Å². The van der Waals surface area contributed by atoms with Crippen molar-refractivity contribution in [1.29, 1.82) is 0 Å². The number of anilines is 1. The summed E-state index contributed by atoms with van der Waals surface area (Å²) in [5.41, 5.74) is 1.05. The van der Waals surface area contributed by atoms with Gasteiger partial charge in [-0.25, -0.2) is 4.98 Å². The van der Waals surface area contributed by atoms with Crippen LogP contribution in [0.4, 0.5) is 5.88 Å². The number of carbonyl (C=O) groups is 1. The van der Waals surface area contributed by atoms with E-state index < -0.39 is 0 Å². The molecule has 1 N–H and O–H groups in total. The predicted octanol–water partition coefficient (Wildman–Crippen LogP) is 3.18. The first-order valence-corrected chi connectivity index (χ1v) is 8.41. The summed E-state index contributed by atoms with van der Waals surface area (Å²) >= 11 is 0. The van der Waals surface area contributed by atoms with E-state index in [0.717, 1.165) is 25.1 Å². The zero-order valence-electron chi connectivity index (χ0n) is 14.7. The number of ether oxygens (including phenoxy) is 2. The number of nitrogens with zero attached hydrogens (tertiary/aromatic N) is 2. The molecule has 3 rings (SSSR count). The van der Waals surface area contributed by atoms with Crippen molar-refractivity contribution in [3.8, 4) is 5.88 Å². The fourth-order valence-electron chi connectivity index (χ4n) is 2.43. The Morgan fingerprint density at radius 2 is 2.24 bits per heavy atom. The van der Waals surface area contributed by atoms with Crippen LogP contribution in [-0.2, 0) is 10.2 Å². The molecule has 3 heterocycles. The molecular formula is C18H23N3O4. The van der Waals surface area contributed by atoms with Gasteiger partial charge < -0.3 is 14.0 Å². The lowest BCUT2D eigenvalue weighted by molar-refractivity contribution is 0.0663. The number of hydrogen-bond acceptors (Lipinski definition) is 6. The largest absolute Gasteiger partial charge is 0.475 e. The zero-order valence-corrected chi connectivity index (χ0v) is 14.7. The Morgan fingerprint density at radius 3 is 2.84 bits per heavy atom. The van der Waals surface area contributed by atoms with E-state index in [1.165, 1.54) is 6.20 Å². The summed E-state index contributed by atoms with van der Waals surface area (Å²) < 4.78 is 16.2. The number of aromatic nitrogens is 2. The summed E-state index contributed by atoms with van der Waals surface area (Å²) in [4.78, 5) is 16.4. The van der Waals surface area contributed by atoms with Gasteiger partial charge >= 0.3 is 0 Å². The van der Waals surface area contributed by atoms with Crippen molar-refractivity contribution in [2.45, 2.75) is 45.1 Å². The smallest absolute Gasteiger partial charge is 0.259 e. The van der Waals surface area contributed by atoms with E-state index in [0.29, 0.717) is 23.9 Å². The lowest BCUT2D eigenvalue weighted by Crippen LogP contribution is -2.17. The molecule has 1 fully saturated rings. The fourth-order valence-corrected chi connectivity index (χ4v) is 2.43. The van der Waals surface area contributed by atoms with Crippen LogP contribution in [0.25, 0.3) is 0 Å². The van der Waals surface area contributed by atoms with Gasteiger partial charge in [-0.2, -0.15) is 0 Å². The molecule has 1 unspecified atom stereocenters. The van der Waals surface area contributed by atoms with Gasteiger partial charge in [-0.05, 0) is 18.9 Å². The summed E-state index contributed by atoms with van der Waals surface area (Å²) in [6.07, 6.45) is 3.68. The lowest BCUT2D eigenvalue weighted by atomic mass is 9.92. The molecule has 7 nitrogen and oxygen atoms in total. The van der Waals surface area contributed by atoms with Crippen molar-refractivity contribution in [3.63, 3.8) is 0 Å². The molecule has 0 bridgehead atoms. The van der Waals surface area contributed by atoms with Crippen LogP contribution in [0.1, 0.15) is 49.7 Å². The first-order valence-electron chi connectivity index (χ1n) is 8.41. The average Bonchev–Trinajstić information content (AvgIpc) is 3.24. The van der Waals surface area contributed by atoms with Gasteiger partial charge in [0.15, 0.2) is 0 Å². The van der Waals surface area contributed by atoms with Crippen LogP contribution >= 0.6 is 0 Å². The Balaban J connectivity index is 1.56. The normalized spacial score (nSPS) is 17.5. The first-order chi connectivity index (χ1) is 11.9. The summed E-state index contributed by atoms with van der Waals surface area (Å²) in [5.74, 6) is 0.477. The van der Waals surface area contributed by atoms with E-state index in [-0.39, 0.29) is 17.4 Å². The summed E-state index contributed by atoms with van der Waals surface area (Å²) in [6.45, 7) is 7.34. The molecule has 0 radical (unpaired) electrons. The minimum atomic E-state index is -0.310. The maximum Gasteiger partial charge on any atom is 0.259 e. The molecule has 0 saturated carbocycles. The summed E-state index contributed by atoms with van der Waals surface area (Å²) in [7, 11) is 0. The SMILES string of the molecule is CC(C)(C)c1cc(NC(=O)c2ccc(OCC3CCCO3)nc2)on1. The Labute approximate surface area is 146 Å². The molecule has 0 aromatic carbocycles. The van der Waals surface area contributed by atoms with E-state index in [4.69, 9.17) is 14.0 Å². The van der Waals surface area contributed by atoms with Gasteiger partial charge in [-0.1, -0.05) is 25.9 Å². The highest BCUT2D eigenvalue weighted by Crippen LogP contribution is 2.24. The topological polar surface area (TPSA) is 86.5 Å². The third kappa shape index (κ3) is 4.57. The van der Waals surface area contributed by atoms with Crippen molar-refractivity contribution in [1.82, 2.24) is 10.1 Å². The second kappa shape index (κ2) is 7.23. The number of amides is 1. The Hall–Kier alpha value is -2.41. The van der Waals surface area contributed by atoms with Gasteiger partial charge in [0.05, 0.1) is 17.4 Å². The van der Waals surface area contributed by atoms with Crippen LogP contribution in [0.3, 0.4) is 0 Å². The molecule has 1 atom stereocenters. The van der Waals surface area contributed by atoms with Gasteiger partial charge in [0, 0.05) is 30.4 Å². The quantitative estimate of drug-likeness (QED) is 0.896. The Morgan fingerprint density at radius 1 is 1.40 bits per heavy atom. The lowest BCUT2D eigenvalue weighted by Gasteiger charge is -2.12. The molecule has 7 heteroatoms. The van der Waals surface area contributed by atoms with Crippen molar-refractivity contribution in [2.24, 2.45) is 0 Å². The molecule has 1 amide bonds. The monoisotopic (exact) mass is 345 g/mol. The molecule has 0 spiro atoms. The Bertz CT molecular complexity index is 713. The third-order valence-corrected chi connectivity index (χ3v) is 3.95. The molecule has 2 aromatic rings. The van der Waals surface area contributed by atoms with Crippen molar-refractivity contribution in [3.05, 3.63) is 35.7 Å². The van der Waals surface area contributed by atoms with Crippen LogP contribution < -0.4 is 10.1 Å². The van der Waals surface area contributed by atoms with E-state index in [2.05, 4.69) is 15.5 Å². The molecule has 0 aliphatic carbocycles. The van der Waals surface area contributed by atoms with Crippen molar-refractivity contribution in [2.75, 3.05) is 18.5 Å². The number of carbonyl (C=O) groups excluding carboxylic acids is 1. The van der Waals surface area contributed by atoms with Crippen LogP contribution in [0, 0.1) is 0 Å². The van der Waals surface area contributed by atoms with E-state index in [1.54, 1.807) is 18.2 Å². The summed E-state index contributed by atoms with van der Waals surface area (Å²) in [5, 5.41) is 6.65. The van der Waals surface area contributed by atoms with Gasteiger partial charge in [0.1, 0.15) is 6.61 Å². The molecule has 25 heavy (non-hydrogen) atoms. The highest BCUT2D eigenvalue weighted by Gasteiger charge is 2.20. The van der Waals surface area contributed by atoms with Gasteiger partial charge in [-0.15, -0.1) is 0 Å². The number of rotatable bonds is 5. The predicted molar refractivity (Wildman–Crippen MR) is 91.9 cm³/mol. The molecule has 2 aromatic heterocycles. The molecule has 134 valence electrons. The van der Waals surface area contributed by atoms with Gasteiger partial charge in [-0.3, -0.25) is 10.1 Å². The van der Waals surface area contributed by atoms with Crippen LogP contribution in [-0.4, -0.2) is 35.4 Å². The minimum Gasteiger partial charge on any atom is -0.475 e. The second-order valence-corrected chi connectivity index (χ2v) is 7.11. The van der Waals surface area contributed by atoms with Crippen molar-refractivity contribution >= 4 is 11.8 Å². The average molecular weight is 345 g/mol. The van der Waals surface area contributed by atoms with Gasteiger partial charge in [0.25, 0.3) is 5.91 Å². The van der Waals surface area contributed by atoms with Crippen LogP contribution in [0.5, 0.6) is 5.88 Å². The molecule has 1 saturated heterocycles. The first kappa shape index (κ1) is 17.4. The second-order valence-electron chi connectivity index (χ2n) is 7.11. The van der Waals surface area contributed by atoms with Crippen molar-refractivity contribution < 1.29 is 18.8 Å². The highest BCUT2D eigenvalue weighted by atomic mass is 16.5. The number of hydrogen-bond donors (Lipinski definition) is 1. The highest BCUT2D eigenvalue weighted by molar-refractivity contribution is 6.03. The summed E-state index contributed by atoms with van der Waals surface area (Å²) in [6, 6.07) is 5.06. The Kier molecular flexibility index (Phi) is 5.03. The maximum atomic E-state index is 12.3. The van der Waals surface area contributed by atoms with Gasteiger partial charge in [0.2, 0.25) is 11.8 Å². The minimum absolute atomic E-state index is 0.133. The van der Waals surface area contributed by atoms with E-state index >= 15 is 0 Å². The molecule has 1 aliphatic rings. The number of pyridine rings is 1. The van der Waals surface area contributed by atoms with E-state index in [1.807, 2.05) is 20.8 Å². The number of nitrogens with one attached hydrogen (secondary N) is 1. The standard InChI is InChI=1S/C18H23N3O4/c1-18(2,3)14-9-16(25-21-14)20-17(22)12-6-7-15(19-10-12)24-11-13-5-4-8-23-13/h6-7,9-10,13H,4-5,8,11H2,1-3H3,(H,20,22).